The molecule has 10 nitrogen and oxygen atoms in total. The molecule has 2 aliphatic heterocycles. The molecular formula is C29H38FN7O3. The van der Waals surface area contributed by atoms with Gasteiger partial charge in [-0.05, 0) is 38.1 Å². The first-order chi connectivity index (χ1) is 19.2. The molecule has 2 fully saturated rings. The fourth-order valence-electron chi connectivity index (χ4n) is 5.92. The molecule has 1 aromatic heterocycles. The van der Waals surface area contributed by atoms with E-state index in [1.807, 2.05) is 7.05 Å². The number of likely N-dealkylation sites (tertiary alicyclic amines) is 1. The minimum Gasteiger partial charge on any atom is -0.495 e. The maximum atomic E-state index is 13.9. The summed E-state index contributed by atoms with van der Waals surface area (Å²) in [6.07, 6.45) is 6.98. The van der Waals surface area contributed by atoms with Gasteiger partial charge in [0, 0.05) is 44.7 Å². The summed E-state index contributed by atoms with van der Waals surface area (Å²) in [5.41, 5.74) is 1.70. The molecule has 2 aromatic rings. The third-order valence-corrected chi connectivity index (χ3v) is 8.07. The molecule has 3 heterocycles. The van der Waals surface area contributed by atoms with Gasteiger partial charge in [0.25, 0.3) is 5.91 Å². The number of likely N-dealkylation sites (N-methyl/N-ethyl adjacent to an activating group) is 1. The van der Waals surface area contributed by atoms with E-state index < -0.39 is 11.7 Å². The van der Waals surface area contributed by atoms with E-state index in [0.29, 0.717) is 41.0 Å². The number of methoxy groups -OCH3 is 1. The largest absolute Gasteiger partial charge is 0.495 e. The highest BCUT2D eigenvalue weighted by molar-refractivity contribution is 5.99. The second kappa shape index (κ2) is 11.8. The number of hydrogen-bond donors (Lipinski definition) is 2. The number of halogens is 1. The van der Waals surface area contributed by atoms with E-state index in [9.17, 15) is 14.0 Å². The van der Waals surface area contributed by atoms with Gasteiger partial charge in [-0.15, -0.1) is 0 Å². The van der Waals surface area contributed by atoms with Crippen molar-refractivity contribution in [2.45, 2.75) is 50.6 Å². The third kappa shape index (κ3) is 5.89. The number of ether oxygens (including phenoxy) is 1. The molecule has 1 saturated carbocycles. The molecule has 1 aliphatic carbocycles. The van der Waals surface area contributed by atoms with Crippen LogP contribution in [0.5, 0.6) is 5.75 Å². The highest BCUT2D eigenvalue weighted by atomic mass is 19.1. The van der Waals surface area contributed by atoms with Crippen LogP contribution >= 0.6 is 0 Å². The van der Waals surface area contributed by atoms with E-state index in [1.54, 1.807) is 38.6 Å². The zero-order valence-electron chi connectivity index (χ0n) is 23.5. The second-order valence-corrected chi connectivity index (χ2v) is 11.1. The van der Waals surface area contributed by atoms with E-state index in [4.69, 9.17) is 9.72 Å². The summed E-state index contributed by atoms with van der Waals surface area (Å²) >= 11 is 0. The second-order valence-electron chi connectivity index (χ2n) is 11.1. The number of aromatic nitrogens is 2. The topological polar surface area (TPSA) is 103 Å². The normalized spacial score (nSPS) is 20.4. The molecule has 0 bridgehead atoms. The Kier molecular flexibility index (Phi) is 8.20. The number of fused-ring (bicyclic) bond motifs is 1. The van der Waals surface area contributed by atoms with Crippen molar-refractivity contribution in [2.75, 3.05) is 56.0 Å². The van der Waals surface area contributed by atoms with E-state index in [-0.39, 0.29) is 30.3 Å². The molecule has 214 valence electrons. The van der Waals surface area contributed by atoms with Crippen LogP contribution in [0.25, 0.3) is 0 Å². The van der Waals surface area contributed by atoms with Gasteiger partial charge in [-0.25, -0.2) is 9.37 Å². The molecule has 1 aromatic carbocycles. The van der Waals surface area contributed by atoms with E-state index in [2.05, 4.69) is 32.0 Å². The van der Waals surface area contributed by atoms with Gasteiger partial charge in [-0.2, -0.15) is 4.98 Å². The highest BCUT2D eigenvalue weighted by Crippen LogP contribution is 2.38. The van der Waals surface area contributed by atoms with Crippen molar-refractivity contribution >= 4 is 35.0 Å². The van der Waals surface area contributed by atoms with Gasteiger partial charge in [0.15, 0.2) is 5.82 Å². The predicted octanol–water partition coefficient (Wildman–Crippen LogP) is 3.88. The van der Waals surface area contributed by atoms with Gasteiger partial charge in [0.1, 0.15) is 11.4 Å². The van der Waals surface area contributed by atoms with Crippen molar-refractivity contribution in [3.63, 3.8) is 0 Å². The molecule has 40 heavy (non-hydrogen) atoms. The molecule has 1 unspecified atom stereocenters. The van der Waals surface area contributed by atoms with Gasteiger partial charge in [-0.1, -0.05) is 25.8 Å². The van der Waals surface area contributed by atoms with Crippen molar-refractivity contribution in [1.82, 2.24) is 20.2 Å². The Morgan fingerprint density at radius 1 is 1.18 bits per heavy atom. The molecule has 1 atom stereocenters. The molecule has 11 heteroatoms. The Hall–Kier alpha value is -3.73. The summed E-state index contributed by atoms with van der Waals surface area (Å²) in [6, 6.07) is 5.55. The Morgan fingerprint density at radius 2 is 1.93 bits per heavy atom. The van der Waals surface area contributed by atoms with Crippen LogP contribution in [0.15, 0.2) is 36.8 Å². The van der Waals surface area contributed by atoms with Crippen LogP contribution in [0.4, 0.5) is 27.5 Å². The lowest BCUT2D eigenvalue weighted by Crippen LogP contribution is -2.57. The molecule has 0 radical (unpaired) electrons. The number of nitrogens with zero attached hydrogens (tertiary/aromatic N) is 5. The monoisotopic (exact) mass is 551 g/mol. The standard InChI is InChI=1S/C29H38FN7O3/c1-18(30)12-20-15-37(22-8-6-5-7-9-22)26-24(36(3)28(20)39)14-31-29(34-26)33-23-11-10-19(13-25(23)40-4)27(38)32-21-16-35(2)17-21/h10-11,13-14,20-22H,1,5-9,12,15-17H2,2-4H3,(H,32,38)(H,31,33,34). The van der Waals surface area contributed by atoms with Crippen molar-refractivity contribution in [1.29, 1.82) is 0 Å². The number of nitrogens with one attached hydrogen (secondary N) is 2. The van der Waals surface area contributed by atoms with E-state index >= 15 is 0 Å². The average Bonchev–Trinajstić information content (AvgIpc) is 3.03. The lowest BCUT2D eigenvalue weighted by atomic mass is 9.93. The maximum absolute atomic E-state index is 13.9. The smallest absolute Gasteiger partial charge is 0.251 e. The van der Waals surface area contributed by atoms with Crippen molar-refractivity contribution in [3.8, 4) is 5.75 Å². The van der Waals surface area contributed by atoms with E-state index in [0.717, 1.165) is 38.8 Å². The van der Waals surface area contributed by atoms with Crippen LogP contribution in [0.2, 0.25) is 0 Å². The molecule has 2 amide bonds. The van der Waals surface area contributed by atoms with Crippen molar-refractivity contribution in [2.24, 2.45) is 5.92 Å². The molecule has 3 aliphatic rings. The minimum atomic E-state index is -0.561. The van der Waals surface area contributed by atoms with Gasteiger partial charge in [0.05, 0.1) is 36.8 Å². The quantitative estimate of drug-likeness (QED) is 0.510. The zero-order valence-corrected chi connectivity index (χ0v) is 23.5. The zero-order chi connectivity index (χ0) is 28.4. The summed E-state index contributed by atoms with van der Waals surface area (Å²) in [5.74, 6) is 0.0785. The van der Waals surface area contributed by atoms with Crippen LogP contribution < -0.4 is 25.2 Å². The van der Waals surface area contributed by atoms with Crippen LogP contribution in [0.3, 0.4) is 0 Å². The number of amides is 2. The van der Waals surface area contributed by atoms with Crippen molar-refractivity contribution in [3.05, 3.63) is 42.4 Å². The van der Waals surface area contributed by atoms with Crippen LogP contribution in [-0.2, 0) is 4.79 Å². The Labute approximate surface area is 234 Å². The number of anilines is 4. The maximum Gasteiger partial charge on any atom is 0.251 e. The first-order valence-corrected chi connectivity index (χ1v) is 13.9. The van der Waals surface area contributed by atoms with Crippen LogP contribution in [-0.4, -0.2) is 79.6 Å². The van der Waals surface area contributed by atoms with Crippen molar-refractivity contribution < 1.29 is 18.7 Å². The molecule has 0 spiro atoms. The summed E-state index contributed by atoms with van der Waals surface area (Å²) in [4.78, 5) is 41.2. The van der Waals surface area contributed by atoms with Gasteiger partial charge in [-0.3, -0.25) is 9.59 Å². The summed E-state index contributed by atoms with van der Waals surface area (Å²) < 4.78 is 19.5. The number of hydrogen-bond acceptors (Lipinski definition) is 8. The molecule has 2 N–H and O–H groups in total. The van der Waals surface area contributed by atoms with Gasteiger partial charge >= 0.3 is 0 Å². The third-order valence-electron chi connectivity index (χ3n) is 8.07. The fourth-order valence-corrected chi connectivity index (χ4v) is 5.92. The van der Waals surface area contributed by atoms with Crippen LogP contribution in [0, 0.1) is 5.92 Å². The Bertz CT molecular complexity index is 1280. The summed E-state index contributed by atoms with van der Waals surface area (Å²) in [6.45, 7) is 5.44. The van der Waals surface area contributed by atoms with Gasteiger partial charge in [0.2, 0.25) is 11.9 Å². The predicted molar refractivity (Wildman–Crippen MR) is 153 cm³/mol. The molecule has 5 rings (SSSR count). The Morgan fingerprint density at radius 3 is 2.60 bits per heavy atom. The molecule has 1 saturated heterocycles. The van der Waals surface area contributed by atoms with Crippen LogP contribution in [0.1, 0.15) is 48.9 Å². The summed E-state index contributed by atoms with van der Waals surface area (Å²) in [7, 11) is 5.25. The lowest BCUT2D eigenvalue weighted by Gasteiger charge is -2.36. The average molecular weight is 552 g/mol. The number of carbonyl (C=O) groups excluding carboxylic acids is 2. The first kappa shape index (κ1) is 27.8. The van der Waals surface area contributed by atoms with Gasteiger partial charge < -0.3 is 30.1 Å². The fraction of sp³-hybridized carbons (Fsp3) is 0.517. The lowest BCUT2D eigenvalue weighted by molar-refractivity contribution is -0.121. The number of allylic oxidation sites excluding steroid dienone is 1. The first-order valence-electron chi connectivity index (χ1n) is 13.9. The molecular weight excluding hydrogens is 513 g/mol. The minimum absolute atomic E-state index is 0.0203. The highest BCUT2D eigenvalue weighted by Gasteiger charge is 2.37. The number of benzene rings is 1. The number of carbonyl (C=O) groups is 2. The Balaban J connectivity index is 1.42. The SMILES string of the molecule is C=C(F)CC1CN(C2CCCCC2)c2nc(Nc3ccc(C(=O)NC4CN(C)C4)cc3OC)ncc2N(C)C1=O. The number of rotatable bonds is 8. The van der Waals surface area contributed by atoms with E-state index in [1.165, 1.54) is 11.3 Å². The summed E-state index contributed by atoms with van der Waals surface area (Å²) in [5, 5.41) is 6.27.